The summed E-state index contributed by atoms with van der Waals surface area (Å²) < 4.78 is 7.42. The summed E-state index contributed by atoms with van der Waals surface area (Å²) >= 11 is 0. The van der Waals surface area contributed by atoms with Crippen molar-refractivity contribution in [2.24, 2.45) is 0 Å². The SMILES string of the molecule is CNc1cc(-c2c(C)noc2C)cc(-c2c(C)nn(C(C)C)c2C)c1N(C)C=O. The van der Waals surface area contributed by atoms with Crippen LogP contribution in [0.4, 0.5) is 11.4 Å². The molecule has 0 saturated heterocycles. The first-order valence-corrected chi connectivity index (χ1v) is 9.74. The van der Waals surface area contributed by atoms with Gasteiger partial charge in [0.05, 0.1) is 22.8 Å². The van der Waals surface area contributed by atoms with E-state index in [1.807, 2.05) is 38.6 Å². The lowest BCUT2D eigenvalue weighted by atomic mass is 9.93. The number of benzene rings is 1. The molecule has 7 heteroatoms. The van der Waals surface area contributed by atoms with Gasteiger partial charge < -0.3 is 14.7 Å². The molecular weight excluding hydrogens is 366 g/mol. The average Bonchev–Trinajstić information content (AvgIpc) is 3.18. The monoisotopic (exact) mass is 395 g/mol. The molecule has 7 nitrogen and oxygen atoms in total. The second-order valence-electron chi connectivity index (χ2n) is 7.67. The van der Waals surface area contributed by atoms with Gasteiger partial charge in [0.25, 0.3) is 0 Å². The van der Waals surface area contributed by atoms with Crippen LogP contribution in [0.25, 0.3) is 22.3 Å². The van der Waals surface area contributed by atoms with Crippen LogP contribution < -0.4 is 10.2 Å². The Labute approximate surface area is 171 Å². The molecule has 0 fully saturated rings. The highest BCUT2D eigenvalue weighted by molar-refractivity contribution is 5.98. The van der Waals surface area contributed by atoms with Crippen LogP contribution in [0.2, 0.25) is 0 Å². The first-order chi connectivity index (χ1) is 13.7. The van der Waals surface area contributed by atoms with Gasteiger partial charge in [0.15, 0.2) is 0 Å². The number of rotatable bonds is 6. The lowest BCUT2D eigenvalue weighted by molar-refractivity contribution is -0.107. The first-order valence-electron chi connectivity index (χ1n) is 9.74. The van der Waals surface area contributed by atoms with Crippen LogP contribution in [-0.2, 0) is 4.79 Å². The molecule has 0 atom stereocenters. The zero-order chi connectivity index (χ0) is 21.5. The molecule has 3 rings (SSSR count). The third-order valence-corrected chi connectivity index (χ3v) is 5.30. The normalized spacial score (nSPS) is 11.2. The number of carbonyl (C=O) groups excluding carboxylic acids is 1. The van der Waals surface area contributed by atoms with Crippen molar-refractivity contribution in [2.45, 2.75) is 47.6 Å². The minimum Gasteiger partial charge on any atom is -0.386 e. The highest BCUT2D eigenvalue weighted by atomic mass is 16.5. The molecule has 1 N–H and O–H groups in total. The standard InChI is InChI=1S/C22H29N5O2/c1-12(2)27-15(5)20(13(3)24-27)18-9-17(21-14(4)25-29-16(21)6)10-19(23-7)22(18)26(8)11-28/h9-12,23H,1-8H3. The Morgan fingerprint density at radius 1 is 1.14 bits per heavy atom. The lowest BCUT2D eigenvalue weighted by Crippen LogP contribution is -2.17. The lowest BCUT2D eigenvalue weighted by Gasteiger charge is -2.22. The maximum Gasteiger partial charge on any atom is 0.213 e. The molecule has 154 valence electrons. The third kappa shape index (κ3) is 3.41. The van der Waals surface area contributed by atoms with Gasteiger partial charge >= 0.3 is 0 Å². The van der Waals surface area contributed by atoms with Gasteiger partial charge in [-0.1, -0.05) is 5.16 Å². The molecule has 2 aromatic heterocycles. The van der Waals surface area contributed by atoms with Crippen molar-refractivity contribution in [3.63, 3.8) is 0 Å². The van der Waals surface area contributed by atoms with E-state index in [0.29, 0.717) is 0 Å². The Balaban J connectivity index is 2.41. The van der Waals surface area contributed by atoms with Gasteiger partial charge in [0.1, 0.15) is 5.76 Å². The Hall–Kier alpha value is -3.09. The molecule has 3 aromatic rings. The van der Waals surface area contributed by atoms with Gasteiger partial charge in [0.2, 0.25) is 6.41 Å². The number of aryl methyl sites for hydroxylation is 3. The predicted molar refractivity (Wildman–Crippen MR) is 117 cm³/mol. The van der Waals surface area contributed by atoms with Gasteiger partial charge in [-0.2, -0.15) is 5.10 Å². The maximum absolute atomic E-state index is 11.7. The van der Waals surface area contributed by atoms with E-state index in [1.54, 1.807) is 11.9 Å². The van der Waals surface area contributed by atoms with Crippen molar-refractivity contribution >= 4 is 17.8 Å². The second kappa shape index (κ2) is 7.73. The van der Waals surface area contributed by atoms with Crippen molar-refractivity contribution in [3.8, 4) is 22.3 Å². The summed E-state index contributed by atoms with van der Waals surface area (Å²) in [5, 5.41) is 12.1. The van der Waals surface area contributed by atoms with Crippen LogP contribution in [0, 0.1) is 27.7 Å². The minimum absolute atomic E-state index is 0.240. The van der Waals surface area contributed by atoms with E-state index in [-0.39, 0.29) is 6.04 Å². The molecule has 0 aliphatic rings. The van der Waals surface area contributed by atoms with Gasteiger partial charge in [-0.15, -0.1) is 0 Å². The molecule has 0 unspecified atom stereocenters. The van der Waals surface area contributed by atoms with Gasteiger partial charge in [-0.3, -0.25) is 9.48 Å². The van der Waals surface area contributed by atoms with E-state index >= 15 is 0 Å². The Morgan fingerprint density at radius 3 is 2.31 bits per heavy atom. The Bertz CT molecular complexity index is 1040. The van der Waals surface area contributed by atoms with Crippen LogP contribution in [0.1, 0.15) is 42.7 Å². The van der Waals surface area contributed by atoms with E-state index < -0.39 is 0 Å². The topological polar surface area (TPSA) is 76.2 Å². The molecule has 2 heterocycles. The highest BCUT2D eigenvalue weighted by Crippen LogP contribution is 2.43. The molecule has 0 saturated carbocycles. The zero-order valence-corrected chi connectivity index (χ0v) is 18.4. The number of hydrogen-bond donors (Lipinski definition) is 1. The molecule has 0 aliphatic heterocycles. The van der Waals surface area contributed by atoms with E-state index in [9.17, 15) is 4.79 Å². The van der Waals surface area contributed by atoms with Crippen LogP contribution >= 0.6 is 0 Å². The molecule has 29 heavy (non-hydrogen) atoms. The maximum atomic E-state index is 11.7. The third-order valence-electron chi connectivity index (χ3n) is 5.30. The number of carbonyl (C=O) groups is 1. The largest absolute Gasteiger partial charge is 0.386 e. The fourth-order valence-electron chi connectivity index (χ4n) is 4.04. The summed E-state index contributed by atoms with van der Waals surface area (Å²) in [6.07, 6.45) is 0.826. The fraction of sp³-hybridized carbons (Fsp3) is 0.409. The fourth-order valence-corrected chi connectivity index (χ4v) is 4.04. The molecule has 0 aliphatic carbocycles. The highest BCUT2D eigenvalue weighted by Gasteiger charge is 2.24. The van der Waals surface area contributed by atoms with E-state index in [1.165, 1.54) is 0 Å². The molecule has 0 spiro atoms. The number of anilines is 2. The smallest absolute Gasteiger partial charge is 0.213 e. The minimum atomic E-state index is 0.240. The first kappa shape index (κ1) is 20.6. The van der Waals surface area contributed by atoms with Crippen LogP contribution in [0.15, 0.2) is 16.7 Å². The summed E-state index contributed by atoms with van der Waals surface area (Å²) in [5.74, 6) is 0.762. The summed E-state index contributed by atoms with van der Waals surface area (Å²) in [6, 6.07) is 4.37. The summed E-state index contributed by atoms with van der Waals surface area (Å²) in [4.78, 5) is 13.3. The number of aromatic nitrogens is 3. The van der Waals surface area contributed by atoms with Crippen molar-refractivity contribution in [2.75, 3.05) is 24.3 Å². The van der Waals surface area contributed by atoms with Crippen LogP contribution in [-0.4, -0.2) is 35.4 Å². The van der Waals surface area contributed by atoms with Gasteiger partial charge in [-0.05, 0) is 59.2 Å². The van der Waals surface area contributed by atoms with Crippen molar-refractivity contribution in [3.05, 3.63) is 35.0 Å². The van der Waals surface area contributed by atoms with E-state index in [4.69, 9.17) is 9.62 Å². The predicted octanol–water partition coefficient (Wildman–Crippen LogP) is 4.65. The summed E-state index contributed by atoms with van der Waals surface area (Å²) in [6.45, 7) is 12.1. The zero-order valence-electron chi connectivity index (χ0n) is 18.4. The van der Waals surface area contributed by atoms with Crippen molar-refractivity contribution in [1.29, 1.82) is 0 Å². The van der Waals surface area contributed by atoms with Crippen LogP contribution in [0.5, 0.6) is 0 Å². The van der Waals surface area contributed by atoms with Crippen LogP contribution in [0.3, 0.4) is 0 Å². The molecule has 1 aromatic carbocycles. The summed E-state index contributed by atoms with van der Waals surface area (Å²) in [7, 11) is 3.62. The number of nitrogens with zero attached hydrogens (tertiary/aromatic N) is 4. The van der Waals surface area contributed by atoms with Gasteiger partial charge in [-0.25, -0.2) is 0 Å². The van der Waals surface area contributed by atoms with Gasteiger partial charge in [0, 0.05) is 42.5 Å². The van der Waals surface area contributed by atoms with E-state index in [0.717, 1.165) is 62.9 Å². The Morgan fingerprint density at radius 2 is 1.83 bits per heavy atom. The molecule has 0 bridgehead atoms. The Kier molecular flexibility index (Phi) is 5.50. The molecule has 1 amide bonds. The van der Waals surface area contributed by atoms with Crippen molar-refractivity contribution < 1.29 is 9.32 Å². The van der Waals surface area contributed by atoms with E-state index in [2.05, 4.69) is 37.3 Å². The molecule has 0 radical (unpaired) electrons. The quantitative estimate of drug-likeness (QED) is 0.615. The summed E-state index contributed by atoms with van der Waals surface area (Å²) in [5.41, 5.74) is 8.42. The number of amides is 1. The second-order valence-corrected chi connectivity index (χ2v) is 7.67. The average molecular weight is 396 g/mol. The number of nitrogens with one attached hydrogen (secondary N) is 1. The number of hydrogen-bond acceptors (Lipinski definition) is 5. The van der Waals surface area contributed by atoms with Crippen molar-refractivity contribution in [1.82, 2.24) is 14.9 Å². The molecular formula is C22H29N5O2.